The Bertz CT molecular complexity index is 2960. The van der Waals surface area contributed by atoms with Crippen LogP contribution in [0, 0.1) is 5.92 Å². The summed E-state index contributed by atoms with van der Waals surface area (Å²) in [7, 11) is 0. The van der Waals surface area contributed by atoms with E-state index in [9.17, 15) is 62.3 Å². The number of amides is 13. The van der Waals surface area contributed by atoms with E-state index in [1.54, 1.807) is 60.7 Å². The van der Waals surface area contributed by atoms with Crippen molar-refractivity contribution in [1.29, 1.82) is 0 Å². The summed E-state index contributed by atoms with van der Waals surface area (Å²) >= 11 is 1.45. The van der Waals surface area contributed by atoms with Gasteiger partial charge in [-0.25, -0.2) is 0 Å². The zero-order valence-corrected chi connectivity index (χ0v) is 55.3. The molecule has 0 unspecified atom stereocenters. The van der Waals surface area contributed by atoms with Gasteiger partial charge in [0.15, 0.2) is 5.96 Å². The van der Waals surface area contributed by atoms with Gasteiger partial charge in [0, 0.05) is 45.3 Å². The van der Waals surface area contributed by atoms with Crippen molar-refractivity contribution in [3.63, 3.8) is 0 Å². The summed E-state index contributed by atoms with van der Waals surface area (Å²) in [4.78, 5) is 185. The van der Waals surface area contributed by atoms with Gasteiger partial charge in [-0.15, -0.1) is 0 Å². The summed E-state index contributed by atoms with van der Waals surface area (Å²) in [5, 5.41) is 21.1. The quantitative estimate of drug-likeness (QED) is 0.0173. The number of nitrogens with two attached hydrogens (primary N) is 7. The van der Waals surface area contributed by atoms with E-state index < -0.39 is 169 Å². The van der Waals surface area contributed by atoms with Gasteiger partial charge in [-0.3, -0.25) is 67.3 Å². The molecule has 0 saturated carbocycles. The van der Waals surface area contributed by atoms with E-state index in [2.05, 4.69) is 47.5 Å². The molecule has 0 bridgehead atoms. The molecule has 2 aliphatic heterocycles. The van der Waals surface area contributed by atoms with Gasteiger partial charge in [-0.2, -0.15) is 11.8 Å². The molecule has 13 amide bonds. The normalized spacial score (nSPS) is 16.8. The second-order valence-electron chi connectivity index (χ2n) is 24.1. The monoisotopic (exact) mass is 1350 g/mol. The number of carbonyl (C=O) groups is 13. The molecule has 2 aromatic carbocycles. The van der Waals surface area contributed by atoms with E-state index >= 15 is 0 Å². The molecule has 2 heterocycles. The Morgan fingerprint density at radius 2 is 1.01 bits per heavy atom. The molecule has 4 rings (SSSR count). The molecule has 95 heavy (non-hydrogen) atoms. The summed E-state index contributed by atoms with van der Waals surface area (Å²) in [6, 6.07) is 4.51. The van der Waals surface area contributed by atoms with Gasteiger partial charge >= 0.3 is 0 Å². The maximum atomic E-state index is 14.7. The average molecular weight is 1350 g/mol. The Kier molecular flexibility index (Phi) is 33.9. The number of unbranched alkanes of at least 4 members (excludes halogenated alkanes) is 1. The second-order valence-corrected chi connectivity index (χ2v) is 25.1. The van der Waals surface area contributed by atoms with Crippen LogP contribution in [0.2, 0.25) is 0 Å². The van der Waals surface area contributed by atoms with Crippen LogP contribution in [0.1, 0.15) is 121 Å². The van der Waals surface area contributed by atoms with Crippen molar-refractivity contribution in [3.8, 4) is 0 Å². The Labute approximate surface area is 558 Å². The highest BCUT2D eigenvalue weighted by Crippen LogP contribution is 2.24. The smallest absolute Gasteiger partial charge is 0.245 e. The van der Waals surface area contributed by atoms with Crippen LogP contribution >= 0.6 is 11.8 Å². The highest BCUT2D eigenvalue weighted by atomic mass is 32.2. The highest BCUT2D eigenvalue weighted by Gasteiger charge is 2.42. The van der Waals surface area contributed by atoms with Gasteiger partial charge in [0.2, 0.25) is 76.8 Å². The topological polar surface area (TPSA) is 519 Å². The minimum absolute atomic E-state index is 0.0736. The van der Waals surface area contributed by atoms with Crippen LogP contribution < -0.4 is 82.7 Å². The number of hydrogen-bond donors (Lipinski definition) is 15. The third-order valence-electron chi connectivity index (χ3n) is 16.0. The van der Waals surface area contributed by atoms with E-state index in [4.69, 9.17) is 40.1 Å². The third kappa shape index (κ3) is 27.5. The Balaban J connectivity index is 1.56. The van der Waals surface area contributed by atoms with Crippen molar-refractivity contribution in [1.82, 2.24) is 52.3 Å². The van der Waals surface area contributed by atoms with E-state index in [-0.39, 0.29) is 83.0 Å². The number of hydrogen-bond acceptors (Lipinski definition) is 17. The SMILES string of the molecule is CSCC[C@H](NC(=O)[C@H](CC(C)C)NC(=O)CNC(=O)[C@H](Cc1ccccc1)NC(=O)[C@@H](Cc1ccccc1)NC(=O)[C@H](CCC(N)=O)NC(=O)[C@H](CCC(N)=O)NC(=O)[C@@H]1CCCN1C(=O)[C@@H](CCCCN)NC(=O)[C@H]1CCCN1C(=O)[C@@H](N)CCCN=C(N)N)C(N)=O. The number of nitrogens with one attached hydrogen (secondary N) is 8. The molecule has 2 saturated heterocycles. The fourth-order valence-electron chi connectivity index (χ4n) is 11.0. The maximum absolute atomic E-state index is 14.7. The minimum Gasteiger partial charge on any atom is -0.370 e. The lowest BCUT2D eigenvalue weighted by Gasteiger charge is -2.32. The van der Waals surface area contributed by atoms with E-state index in [0.29, 0.717) is 55.4 Å². The molecule has 0 spiro atoms. The van der Waals surface area contributed by atoms with Crippen molar-refractivity contribution in [3.05, 3.63) is 71.8 Å². The van der Waals surface area contributed by atoms with Gasteiger partial charge in [0.05, 0.1) is 12.6 Å². The predicted octanol–water partition coefficient (Wildman–Crippen LogP) is -3.71. The van der Waals surface area contributed by atoms with Gasteiger partial charge in [0.25, 0.3) is 0 Å². The van der Waals surface area contributed by atoms with Gasteiger partial charge in [-0.05, 0) is 119 Å². The number of thioether (sulfide) groups is 1. The molecule has 0 aliphatic carbocycles. The lowest BCUT2D eigenvalue weighted by Crippen LogP contribution is -2.60. The van der Waals surface area contributed by atoms with Gasteiger partial charge < -0.3 is 92.5 Å². The standard InChI is InChI=1S/C63H98N18O13S/c1-37(2)33-45(57(89)74-41(53(68)85)27-32-95-3)73-52(84)36-72-54(86)46(34-38-15-6-4-7-16-38)78-58(90)47(35-39-17-8-5-9-18-39)79-56(88)42(23-25-50(66)82)75-55(87)43(24-26-51(67)83)76-59(91)49-22-14-31-81(49)62(94)44(20-10-11-28-64)77-60(92)48-21-13-30-80(48)61(93)40(65)19-12-29-71-63(69)70/h4-9,15-18,37,40-49H,10-14,19-36,64-65H2,1-3H3,(H2,66,82)(H2,67,83)(H2,68,85)(H,72,86)(H,73,84)(H,74,89)(H,75,87)(H,76,91)(H,77,92)(H,78,90)(H,79,88)(H4,69,70,71)/t40-,41-,42-,43-,44+,45-,46-,47+,48+,49-/m0/s1. The first kappa shape index (κ1) is 78.5. The van der Waals surface area contributed by atoms with Crippen molar-refractivity contribution < 1.29 is 62.3 Å². The second kappa shape index (κ2) is 41.0. The molecule has 32 heteroatoms. The van der Waals surface area contributed by atoms with Gasteiger partial charge in [-0.1, -0.05) is 74.5 Å². The maximum Gasteiger partial charge on any atom is 0.245 e. The number of rotatable bonds is 42. The van der Waals surface area contributed by atoms with E-state index in [0.717, 1.165) is 0 Å². The molecule has 0 radical (unpaired) electrons. The van der Waals surface area contributed by atoms with E-state index in [1.165, 1.54) is 21.6 Å². The van der Waals surface area contributed by atoms with Crippen molar-refractivity contribution in [2.75, 3.05) is 44.7 Å². The molecule has 0 aromatic heterocycles. The number of likely N-dealkylation sites (tertiary alicyclic amines) is 2. The number of nitrogens with zero attached hydrogens (tertiary/aromatic N) is 3. The number of carbonyl (C=O) groups excluding carboxylic acids is 13. The van der Waals surface area contributed by atoms with Crippen LogP contribution in [-0.4, -0.2) is 198 Å². The van der Waals surface area contributed by atoms with Crippen LogP contribution in [0.3, 0.4) is 0 Å². The lowest BCUT2D eigenvalue weighted by atomic mass is 10.0. The van der Waals surface area contributed by atoms with Crippen LogP contribution in [0.5, 0.6) is 0 Å². The molecule has 524 valence electrons. The average Bonchev–Trinajstić information content (AvgIpc) is 1.74. The first-order chi connectivity index (χ1) is 45.2. The molecular formula is C63H98N18O13S. The van der Waals surface area contributed by atoms with Crippen molar-refractivity contribution >= 4 is 94.5 Å². The van der Waals surface area contributed by atoms with Crippen LogP contribution in [0.4, 0.5) is 0 Å². The number of benzene rings is 2. The molecular weight excluding hydrogens is 1250 g/mol. The molecule has 2 fully saturated rings. The zero-order valence-electron chi connectivity index (χ0n) is 54.5. The Morgan fingerprint density at radius 3 is 1.51 bits per heavy atom. The molecule has 31 nitrogen and oxygen atoms in total. The lowest BCUT2D eigenvalue weighted by molar-refractivity contribution is -0.144. The largest absolute Gasteiger partial charge is 0.370 e. The minimum atomic E-state index is -1.64. The summed E-state index contributed by atoms with van der Waals surface area (Å²) in [6.07, 6.45) is 3.12. The highest BCUT2D eigenvalue weighted by molar-refractivity contribution is 7.98. The summed E-state index contributed by atoms with van der Waals surface area (Å²) in [6.45, 7) is 3.86. The molecule has 22 N–H and O–H groups in total. The summed E-state index contributed by atoms with van der Waals surface area (Å²) in [5.41, 5.74) is 40.6. The predicted molar refractivity (Wildman–Crippen MR) is 356 cm³/mol. The van der Waals surface area contributed by atoms with Crippen molar-refractivity contribution in [2.45, 2.75) is 183 Å². The number of primary amides is 3. The summed E-state index contributed by atoms with van der Waals surface area (Å²) < 4.78 is 0. The fourth-order valence-corrected chi connectivity index (χ4v) is 11.5. The number of guanidine groups is 1. The van der Waals surface area contributed by atoms with Crippen LogP contribution in [-0.2, 0) is 75.2 Å². The van der Waals surface area contributed by atoms with Crippen LogP contribution in [0.25, 0.3) is 0 Å². The fraction of sp³-hybridized carbons (Fsp3) is 0.587. The zero-order chi connectivity index (χ0) is 70.1. The van der Waals surface area contributed by atoms with Crippen LogP contribution in [0.15, 0.2) is 65.7 Å². The van der Waals surface area contributed by atoms with Gasteiger partial charge in [0.1, 0.15) is 54.4 Å². The Hall–Kier alpha value is -8.91. The van der Waals surface area contributed by atoms with E-state index in [1.807, 2.05) is 20.1 Å². The summed E-state index contributed by atoms with van der Waals surface area (Å²) in [5.74, 6) is -9.80. The molecule has 2 aromatic rings. The Morgan fingerprint density at radius 1 is 0.537 bits per heavy atom. The van der Waals surface area contributed by atoms with Crippen molar-refractivity contribution in [2.24, 2.45) is 51.0 Å². The third-order valence-corrected chi connectivity index (χ3v) is 16.7. The molecule has 2 aliphatic rings. The molecule has 10 atom stereocenters. The first-order valence-corrected chi connectivity index (χ1v) is 33.6. The first-order valence-electron chi connectivity index (χ1n) is 32.2. The number of aliphatic imine (C=N–C) groups is 1.